The summed E-state index contributed by atoms with van der Waals surface area (Å²) in [7, 11) is -2.37. The van der Waals surface area contributed by atoms with Gasteiger partial charge < -0.3 is 4.74 Å². The number of aryl methyl sites for hydroxylation is 1. The van der Waals surface area contributed by atoms with Gasteiger partial charge in [0.2, 0.25) is 8.87 Å². The molecule has 1 aromatic carbocycles. The van der Waals surface area contributed by atoms with Gasteiger partial charge in [-0.3, -0.25) is 0 Å². The molecule has 1 unspecified atom stereocenters. The van der Waals surface area contributed by atoms with E-state index in [0.717, 1.165) is 35.6 Å². The Bertz CT molecular complexity index is 671. The summed E-state index contributed by atoms with van der Waals surface area (Å²) in [6.45, 7) is 7.61. The van der Waals surface area contributed by atoms with Crippen molar-refractivity contribution in [3.05, 3.63) is 40.3 Å². The van der Waals surface area contributed by atoms with E-state index in [0.29, 0.717) is 30.4 Å². The Hall–Kier alpha value is -1.21. The van der Waals surface area contributed by atoms with E-state index in [-0.39, 0.29) is 5.41 Å². The van der Waals surface area contributed by atoms with Crippen LogP contribution in [0.25, 0.3) is 10.4 Å². The molecule has 0 spiro atoms. The predicted molar refractivity (Wildman–Crippen MR) is 103 cm³/mol. The first kappa shape index (κ1) is 21.8. The van der Waals surface area contributed by atoms with E-state index in [4.69, 9.17) is 10.3 Å². The summed E-state index contributed by atoms with van der Waals surface area (Å²) in [6.07, 6.45) is 2.46. The van der Waals surface area contributed by atoms with E-state index in [2.05, 4.69) is 10.0 Å². The Balaban J connectivity index is 2.47. The standard InChI is InChI=1S/C17H27N3O3S2/c1-4-17(3,13-23-12-6-5-11-19-20-18)14-24-25(21,22)16-9-7-15(2)8-10-16/h7-10H,4-6,11-14H2,1-3H3. The zero-order chi connectivity index (χ0) is 18.8. The van der Waals surface area contributed by atoms with Crippen LogP contribution in [0.5, 0.6) is 0 Å². The molecule has 0 heterocycles. The summed E-state index contributed by atoms with van der Waals surface area (Å²) >= 11 is 0. The van der Waals surface area contributed by atoms with Crippen molar-refractivity contribution in [2.45, 2.75) is 44.9 Å². The first-order chi connectivity index (χ1) is 11.8. The lowest BCUT2D eigenvalue weighted by atomic mass is 9.91. The second-order valence-corrected chi connectivity index (χ2v) is 10.3. The van der Waals surface area contributed by atoms with Gasteiger partial charge in [-0.2, -0.15) is 0 Å². The second-order valence-electron chi connectivity index (χ2n) is 6.41. The second kappa shape index (κ2) is 10.7. The summed E-state index contributed by atoms with van der Waals surface area (Å²) < 4.78 is 30.6. The van der Waals surface area contributed by atoms with Gasteiger partial charge in [0.25, 0.3) is 0 Å². The van der Waals surface area contributed by atoms with Crippen LogP contribution in [0.3, 0.4) is 0 Å². The summed E-state index contributed by atoms with van der Waals surface area (Å²) in [4.78, 5) is 3.06. The van der Waals surface area contributed by atoms with Gasteiger partial charge in [0.1, 0.15) is 0 Å². The lowest BCUT2D eigenvalue weighted by Crippen LogP contribution is -2.26. The molecule has 0 aromatic heterocycles. The van der Waals surface area contributed by atoms with Gasteiger partial charge in [0.15, 0.2) is 0 Å². The molecule has 0 saturated carbocycles. The van der Waals surface area contributed by atoms with Crippen molar-refractivity contribution in [2.75, 3.05) is 25.5 Å². The van der Waals surface area contributed by atoms with Crippen molar-refractivity contribution in [3.63, 3.8) is 0 Å². The molecule has 1 aromatic rings. The van der Waals surface area contributed by atoms with Crippen molar-refractivity contribution < 1.29 is 13.2 Å². The highest BCUT2D eigenvalue weighted by Gasteiger charge is 2.27. The zero-order valence-corrected chi connectivity index (χ0v) is 16.8. The molecule has 140 valence electrons. The fourth-order valence-electron chi connectivity index (χ4n) is 1.99. The third-order valence-electron chi connectivity index (χ3n) is 4.04. The Labute approximate surface area is 154 Å². The van der Waals surface area contributed by atoms with Crippen LogP contribution in [0.15, 0.2) is 34.3 Å². The molecule has 1 atom stereocenters. The molecule has 0 amide bonds. The van der Waals surface area contributed by atoms with E-state index < -0.39 is 8.87 Å². The minimum Gasteiger partial charge on any atom is -0.381 e. The summed E-state index contributed by atoms with van der Waals surface area (Å²) in [5, 5.41) is 3.48. The normalized spacial score (nSPS) is 13.9. The average molecular weight is 386 g/mol. The van der Waals surface area contributed by atoms with Crippen molar-refractivity contribution in [1.82, 2.24) is 0 Å². The van der Waals surface area contributed by atoms with E-state index in [1.165, 1.54) is 0 Å². The molecule has 6 nitrogen and oxygen atoms in total. The number of ether oxygens (including phenoxy) is 1. The molecule has 0 aliphatic carbocycles. The molecule has 8 heteroatoms. The lowest BCUT2D eigenvalue weighted by molar-refractivity contribution is 0.0609. The van der Waals surface area contributed by atoms with Gasteiger partial charge >= 0.3 is 0 Å². The van der Waals surface area contributed by atoms with Crippen LogP contribution >= 0.6 is 10.8 Å². The van der Waals surface area contributed by atoms with E-state index in [9.17, 15) is 8.42 Å². The average Bonchev–Trinajstić information content (AvgIpc) is 2.60. The molecule has 0 saturated heterocycles. The summed E-state index contributed by atoms with van der Waals surface area (Å²) in [5.74, 6) is 0.485. The molecular formula is C17H27N3O3S2. The van der Waals surface area contributed by atoms with Gasteiger partial charge in [-0.1, -0.05) is 36.7 Å². The molecule has 0 bridgehead atoms. The lowest BCUT2D eigenvalue weighted by Gasteiger charge is -2.27. The predicted octanol–water partition coefficient (Wildman–Crippen LogP) is 4.94. The quantitative estimate of drug-likeness (QED) is 0.167. The minimum absolute atomic E-state index is 0.201. The molecule has 0 aliphatic heterocycles. The molecule has 1 rings (SSSR count). The number of nitrogens with zero attached hydrogens (tertiary/aromatic N) is 3. The maximum atomic E-state index is 12.5. The maximum Gasteiger partial charge on any atom is 0.230 e. The molecule has 0 radical (unpaired) electrons. The Kier molecular flexibility index (Phi) is 9.35. The molecule has 25 heavy (non-hydrogen) atoms. The highest BCUT2D eigenvalue weighted by molar-refractivity contribution is 8.72. The van der Waals surface area contributed by atoms with Crippen molar-refractivity contribution in [2.24, 2.45) is 10.5 Å². The number of hydrogen-bond acceptors (Lipinski definition) is 5. The SMILES string of the molecule is CCC(C)(COCCCCN=[N+]=[N-])CSS(=O)(=O)c1ccc(C)cc1. The molecule has 0 aliphatic rings. The van der Waals surface area contributed by atoms with Crippen LogP contribution < -0.4 is 0 Å². The maximum absolute atomic E-state index is 12.5. The number of benzene rings is 1. The van der Waals surface area contributed by atoms with Crippen LogP contribution in [0, 0.1) is 12.3 Å². The van der Waals surface area contributed by atoms with Gasteiger partial charge in [-0.15, -0.1) is 0 Å². The highest BCUT2D eigenvalue weighted by Crippen LogP contribution is 2.33. The number of hydrogen-bond donors (Lipinski definition) is 0. The number of azide groups is 1. The zero-order valence-electron chi connectivity index (χ0n) is 15.1. The monoisotopic (exact) mass is 385 g/mol. The molecular weight excluding hydrogens is 358 g/mol. The van der Waals surface area contributed by atoms with Crippen LogP contribution in [-0.2, 0) is 13.6 Å². The van der Waals surface area contributed by atoms with E-state index in [1.807, 2.05) is 32.9 Å². The van der Waals surface area contributed by atoms with Gasteiger partial charge in [-0.05, 0) is 54.6 Å². The third kappa shape index (κ3) is 8.14. The Morgan fingerprint density at radius 1 is 1.28 bits per heavy atom. The van der Waals surface area contributed by atoms with Crippen molar-refractivity contribution in [3.8, 4) is 0 Å². The molecule has 0 fully saturated rings. The van der Waals surface area contributed by atoms with Crippen LogP contribution in [-0.4, -0.2) is 33.9 Å². The number of unbranched alkanes of at least 4 members (excludes halogenated alkanes) is 1. The fourth-order valence-corrected chi connectivity index (χ4v) is 5.38. The Morgan fingerprint density at radius 3 is 2.56 bits per heavy atom. The van der Waals surface area contributed by atoms with E-state index in [1.54, 1.807) is 12.1 Å². The van der Waals surface area contributed by atoms with E-state index >= 15 is 0 Å². The van der Waals surface area contributed by atoms with Crippen molar-refractivity contribution in [1.29, 1.82) is 0 Å². The first-order valence-corrected chi connectivity index (χ1v) is 11.4. The summed E-state index contributed by atoms with van der Waals surface area (Å²) in [5.41, 5.74) is 9.04. The first-order valence-electron chi connectivity index (χ1n) is 8.38. The smallest absolute Gasteiger partial charge is 0.230 e. The minimum atomic E-state index is -3.35. The van der Waals surface area contributed by atoms with Crippen LogP contribution in [0.1, 0.15) is 38.7 Å². The van der Waals surface area contributed by atoms with Crippen molar-refractivity contribution >= 4 is 19.7 Å². The molecule has 0 N–H and O–H groups in total. The number of rotatable bonds is 12. The van der Waals surface area contributed by atoms with Gasteiger partial charge in [-0.25, -0.2) is 8.42 Å². The van der Waals surface area contributed by atoms with Gasteiger partial charge in [0.05, 0.1) is 11.5 Å². The largest absolute Gasteiger partial charge is 0.381 e. The Morgan fingerprint density at radius 2 is 1.96 bits per heavy atom. The highest BCUT2D eigenvalue weighted by atomic mass is 33.1. The fraction of sp³-hybridized carbons (Fsp3) is 0.647. The van der Waals surface area contributed by atoms with Crippen LogP contribution in [0.2, 0.25) is 0 Å². The topological polar surface area (TPSA) is 92.1 Å². The van der Waals surface area contributed by atoms with Crippen LogP contribution in [0.4, 0.5) is 0 Å². The van der Waals surface area contributed by atoms with Gasteiger partial charge in [0, 0.05) is 29.2 Å². The summed E-state index contributed by atoms with van der Waals surface area (Å²) in [6, 6.07) is 6.93. The third-order valence-corrected chi connectivity index (χ3v) is 7.87.